The highest BCUT2D eigenvalue weighted by atomic mass is 32.1. The molecule has 0 saturated carbocycles. The van der Waals surface area contributed by atoms with Crippen LogP contribution in [0, 0.1) is 5.92 Å². The average molecular weight is 294 g/mol. The van der Waals surface area contributed by atoms with Gasteiger partial charge in [0.05, 0.1) is 6.54 Å². The number of carbonyl (C=O) groups excluding carboxylic acids is 2. The van der Waals surface area contributed by atoms with E-state index < -0.39 is 0 Å². The van der Waals surface area contributed by atoms with Crippen molar-refractivity contribution in [1.82, 2.24) is 10.2 Å². The first-order chi connectivity index (χ1) is 9.58. The summed E-state index contributed by atoms with van der Waals surface area (Å²) in [4.78, 5) is 27.8. The lowest BCUT2D eigenvalue weighted by Gasteiger charge is -2.41. The van der Waals surface area contributed by atoms with Gasteiger partial charge in [-0.3, -0.25) is 9.59 Å². The fourth-order valence-corrected chi connectivity index (χ4v) is 3.31. The summed E-state index contributed by atoms with van der Waals surface area (Å²) in [6.07, 6.45) is 1.52. The van der Waals surface area contributed by atoms with Gasteiger partial charge >= 0.3 is 0 Å². The first-order valence-corrected chi connectivity index (χ1v) is 8.09. The number of nitrogens with zero attached hydrogens (tertiary/aromatic N) is 1. The zero-order valence-electron chi connectivity index (χ0n) is 12.3. The van der Waals surface area contributed by atoms with Crippen molar-refractivity contribution in [3.05, 3.63) is 22.4 Å². The Hall–Kier alpha value is -1.36. The standard InChI is InChI=1S/C15H22N2O2S/c1-4-10(3)13-14(18)16-12(5-2)15(19)17(13)9-11-7-6-8-20-11/h6-8,10,12-13H,4-5,9H2,1-3H3,(H,16,18). The van der Waals surface area contributed by atoms with Crippen LogP contribution in [0.15, 0.2) is 17.5 Å². The van der Waals surface area contributed by atoms with Crippen LogP contribution in [0.3, 0.4) is 0 Å². The van der Waals surface area contributed by atoms with Crippen molar-refractivity contribution in [2.45, 2.75) is 52.2 Å². The van der Waals surface area contributed by atoms with Gasteiger partial charge in [-0.25, -0.2) is 0 Å². The van der Waals surface area contributed by atoms with Gasteiger partial charge in [0.15, 0.2) is 0 Å². The second-order valence-electron chi connectivity index (χ2n) is 5.35. The van der Waals surface area contributed by atoms with Crippen LogP contribution in [0.1, 0.15) is 38.5 Å². The first kappa shape index (κ1) is 15.0. The number of amides is 2. The summed E-state index contributed by atoms with van der Waals surface area (Å²) in [5.74, 6) is 0.199. The molecule has 2 amide bonds. The molecule has 5 heteroatoms. The molecule has 0 bridgehead atoms. The van der Waals surface area contributed by atoms with Gasteiger partial charge in [-0.05, 0) is 23.8 Å². The quantitative estimate of drug-likeness (QED) is 0.906. The van der Waals surface area contributed by atoms with Crippen molar-refractivity contribution in [2.75, 3.05) is 0 Å². The average Bonchev–Trinajstić information content (AvgIpc) is 2.94. The fraction of sp³-hybridized carbons (Fsp3) is 0.600. The maximum Gasteiger partial charge on any atom is 0.246 e. The lowest BCUT2D eigenvalue weighted by molar-refractivity contribution is -0.152. The van der Waals surface area contributed by atoms with E-state index in [1.165, 1.54) is 0 Å². The minimum absolute atomic E-state index is 0.0117. The highest BCUT2D eigenvalue weighted by molar-refractivity contribution is 7.09. The molecular formula is C15H22N2O2S. The first-order valence-electron chi connectivity index (χ1n) is 7.21. The van der Waals surface area contributed by atoms with Gasteiger partial charge in [-0.1, -0.05) is 33.3 Å². The molecule has 1 aromatic heterocycles. The lowest BCUT2D eigenvalue weighted by atomic mass is 9.93. The molecule has 1 saturated heterocycles. The normalized spacial score (nSPS) is 24.6. The van der Waals surface area contributed by atoms with Gasteiger partial charge in [-0.2, -0.15) is 0 Å². The molecule has 2 rings (SSSR count). The number of nitrogens with one attached hydrogen (secondary N) is 1. The van der Waals surface area contributed by atoms with Crippen LogP contribution in [0.5, 0.6) is 0 Å². The van der Waals surface area contributed by atoms with Crippen molar-refractivity contribution in [3.63, 3.8) is 0 Å². The Morgan fingerprint density at radius 3 is 2.70 bits per heavy atom. The molecule has 1 aliphatic rings. The largest absolute Gasteiger partial charge is 0.343 e. The third kappa shape index (κ3) is 2.87. The summed E-state index contributed by atoms with van der Waals surface area (Å²) in [6.45, 7) is 6.55. The second-order valence-corrected chi connectivity index (χ2v) is 6.38. The van der Waals surface area contributed by atoms with Gasteiger partial charge < -0.3 is 10.2 Å². The van der Waals surface area contributed by atoms with E-state index in [1.807, 2.05) is 31.4 Å². The van der Waals surface area contributed by atoms with E-state index in [9.17, 15) is 9.59 Å². The molecule has 0 radical (unpaired) electrons. The topological polar surface area (TPSA) is 49.4 Å². The number of piperazine rings is 1. The SMILES string of the molecule is CCC1NC(=O)C(C(C)CC)N(Cc2cccs2)C1=O. The van der Waals surface area contributed by atoms with Crippen molar-refractivity contribution < 1.29 is 9.59 Å². The number of hydrogen-bond acceptors (Lipinski definition) is 3. The molecule has 0 aliphatic carbocycles. The molecule has 110 valence electrons. The Balaban J connectivity index is 2.27. The van der Waals surface area contributed by atoms with Crippen molar-refractivity contribution in [2.24, 2.45) is 5.92 Å². The van der Waals surface area contributed by atoms with E-state index in [-0.39, 0.29) is 29.8 Å². The molecular weight excluding hydrogens is 272 g/mol. The van der Waals surface area contributed by atoms with Gasteiger partial charge in [0.1, 0.15) is 12.1 Å². The minimum atomic E-state index is -0.372. The smallest absolute Gasteiger partial charge is 0.246 e. The summed E-state index contributed by atoms with van der Waals surface area (Å²) in [6, 6.07) is 3.27. The maximum absolute atomic E-state index is 12.6. The van der Waals surface area contributed by atoms with Gasteiger partial charge in [-0.15, -0.1) is 11.3 Å². The van der Waals surface area contributed by atoms with E-state index in [0.29, 0.717) is 13.0 Å². The van der Waals surface area contributed by atoms with Gasteiger partial charge in [0.25, 0.3) is 0 Å². The lowest BCUT2D eigenvalue weighted by Crippen LogP contribution is -2.64. The number of carbonyl (C=O) groups is 2. The zero-order chi connectivity index (χ0) is 14.7. The molecule has 0 aromatic carbocycles. The van der Waals surface area contributed by atoms with Crippen LogP contribution in [0.2, 0.25) is 0 Å². The third-order valence-electron chi connectivity index (χ3n) is 4.00. The molecule has 1 aromatic rings. The van der Waals surface area contributed by atoms with Crippen LogP contribution >= 0.6 is 11.3 Å². The highest BCUT2D eigenvalue weighted by Gasteiger charge is 2.41. The molecule has 20 heavy (non-hydrogen) atoms. The number of rotatable bonds is 5. The predicted molar refractivity (Wildman–Crippen MR) is 80.3 cm³/mol. The van der Waals surface area contributed by atoms with Crippen molar-refractivity contribution in [1.29, 1.82) is 0 Å². The fourth-order valence-electron chi connectivity index (χ4n) is 2.61. The van der Waals surface area contributed by atoms with E-state index in [0.717, 1.165) is 11.3 Å². The van der Waals surface area contributed by atoms with Crippen LogP contribution in [0.25, 0.3) is 0 Å². The number of hydrogen-bond donors (Lipinski definition) is 1. The van der Waals surface area contributed by atoms with Crippen molar-refractivity contribution >= 4 is 23.2 Å². The van der Waals surface area contributed by atoms with E-state index in [4.69, 9.17) is 0 Å². The third-order valence-corrected chi connectivity index (χ3v) is 4.86. The second kappa shape index (κ2) is 6.39. The van der Waals surface area contributed by atoms with Crippen LogP contribution in [0.4, 0.5) is 0 Å². The van der Waals surface area contributed by atoms with Crippen LogP contribution < -0.4 is 5.32 Å². The molecule has 3 atom stereocenters. The number of thiophene rings is 1. The molecule has 0 spiro atoms. The van der Waals surface area contributed by atoms with E-state index in [1.54, 1.807) is 16.2 Å². The molecule has 1 fully saturated rings. The summed E-state index contributed by atoms with van der Waals surface area (Å²) in [7, 11) is 0. The Morgan fingerprint density at radius 1 is 1.40 bits per heavy atom. The highest BCUT2D eigenvalue weighted by Crippen LogP contribution is 2.24. The maximum atomic E-state index is 12.6. The van der Waals surface area contributed by atoms with Crippen molar-refractivity contribution in [3.8, 4) is 0 Å². The Morgan fingerprint density at radius 2 is 2.15 bits per heavy atom. The molecule has 4 nitrogen and oxygen atoms in total. The summed E-state index contributed by atoms with van der Waals surface area (Å²) >= 11 is 1.62. The monoisotopic (exact) mass is 294 g/mol. The molecule has 3 unspecified atom stereocenters. The Bertz CT molecular complexity index is 472. The van der Waals surface area contributed by atoms with Gasteiger partial charge in [0, 0.05) is 4.88 Å². The molecule has 1 aliphatic heterocycles. The Labute approximate surface area is 124 Å². The van der Waals surface area contributed by atoms with Crippen LogP contribution in [-0.2, 0) is 16.1 Å². The predicted octanol–water partition coefficient (Wildman–Crippen LogP) is 2.40. The molecule has 1 N–H and O–H groups in total. The van der Waals surface area contributed by atoms with E-state index in [2.05, 4.69) is 12.2 Å². The Kier molecular flexibility index (Phi) is 4.81. The molecule has 2 heterocycles. The summed E-state index contributed by atoms with van der Waals surface area (Å²) < 4.78 is 0. The van der Waals surface area contributed by atoms with Crippen LogP contribution in [-0.4, -0.2) is 28.8 Å². The minimum Gasteiger partial charge on any atom is -0.343 e. The summed E-state index contributed by atoms with van der Waals surface area (Å²) in [5.41, 5.74) is 0. The van der Waals surface area contributed by atoms with E-state index >= 15 is 0 Å². The zero-order valence-corrected chi connectivity index (χ0v) is 13.1. The summed E-state index contributed by atoms with van der Waals surface area (Å²) in [5, 5.41) is 4.86. The van der Waals surface area contributed by atoms with Gasteiger partial charge in [0.2, 0.25) is 11.8 Å².